The number of nitrogens with zero attached hydrogens (tertiary/aromatic N) is 5. The predicted molar refractivity (Wildman–Crippen MR) is 109 cm³/mol. The molecule has 4 rings (SSSR count). The Balaban J connectivity index is 1.62. The van der Waals surface area contributed by atoms with Gasteiger partial charge in [0.25, 0.3) is 5.56 Å². The van der Waals surface area contributed by atoms with E-state index in [0.717, 1.165) is 23.1 Å². The molecule has 28 heavy (non-hydrogen) atoms. The summed E-state index contributed by atoms with van der Waals surface area (Å²) in [5, 5.41) is 0.534. The Morgan fingerprint density at radius 1 is 1.11 bits per heavy atom. The quantitative estimate of drug-likeness (QED) is 0.615. The molecule has 3 aromatic rings. The molecule has 0 fully saturated rings. The molecule has 0 saturated heterocycles. The molecule has 1 aliphatic heterocycles. The molecule has 0 unspecified atom stereocenters. The zero-order valence-corrected chi connectivity index (χ0v) is 16.8. The van der Waals surface area contributed by atoms with Crippen LogP contribution in [-0.4, -0.2) is 36.9 Å². The molecule has 3 heterocycles. The second-order valence-corrected chi connectivity index (χ2v) is 7.84. The first kappa shape index (κ1) is 18.5. The third-order valence-corrected chi connectivity index (χ3v) is 6.19. The number of rotatable bonds is 3. The van der Waals surface area contributed by atoms with Gasteiger partial charge in [-0.05, 0) is 24.5 Å². The van der Waals surface area contributed by atoms with E-state index in [2.05, 4.69) is 11.1 Å². The van der Waals surface area contributed by atoms with Crippen LogP contribution in [0.1, 0.15) is 12.0 Å². The van der Waals surface area contributed by atoms with Crippen molar-refractivity contribution < 1.29 is 4.79 Å². The van der Waals surface area contributed by atoms with Gasteiger partial charge in [0.1, 0.15) is 0 Å². The fourth-order valence-electron chi connectivity index (χ4n) is 3.62. The van der Waals surface area contributed by atoms with Crippen LogP contribution in [0.15, 0.2) is 39.0 Å². The largest absolute Gasteiger partial charge is 0.332 e. The van der Waals surface area contributed by atoms with Crippen LogP contribution < -0.4 is 16.1 Å². The molecular formula is C19H21N5O3S. The van der Waals surface area contributed by atoms with E-state index in [1.807, 2.05) is 23.1 Å². The topological polar surface area (TPSA) is 82.1 Å². The van der Waals surface area contributed by atoms with Gasteiger partial charge in [-0.1, -0.05) is 30.0 Å². The minimum absolute atomic E-state index is 0.00555. The third-order valence-electron chi connectivity index (χ3n) is 5.17. The molecule has 0 spiro atoms. The van der Waals surface area contributed by atoms with Crippen LogP contribution in [0.25, 0.3) is 11.2 Å². The molecule has 0 aliphatic carbocycles. The summed E-state index contributed by atoms with van der Waals surface area (Å²) >= 11 is 1.28. The molecule has 0 atom stereocenters. The van der Waals surface area contributed by atoms with Crippen LogP contribution in [0.3, 0.4) is 0 Å². The highest BCUT2D eigenvalue weighted by atomic mass is 32.2. The highest BCUT2D eigenvalue weighted by Gasteiger charge is 2.23. The number of aryl methyl sites for hydroxylation is 3. The SMILES string of the molecule is Cn1c(=O)c2c(nc(SCC(=O)N3CCCc4ccccc43)n2C)n(C)c1=O. The Morgan fingerprint density at radius 2 is 1.86 bits per heavy atom. The summed E-state index contributed by atoms with van der Waals surface area (Å²) in [6, 6.07) is 7.97. The number of benzene rings is 1. The van der Waals surface area contributed by atoms with Crippen molar-refractivity contribution in [2.45, 2.75) is 18.0 Å². The lowest BCUT2D eigenvalue weighted by atomic mass is 10.0. The van der Waals surface area contributed by atoms with E-state index in [4.69, 9.17) is 0 Å². The first-order valence-corrected chi connectivity index (χ1v) is 10.0. The second kappa shape index (κ2) is 6.97. The minimum atomic E-state index is -0.423. The van der Waals surface area contributed by atoms with Crippen molar-refractivity contribution in [3.63, 3.8) is 0 Å². The lowest BCUT2D eigenvalue weighted by Gasteiger charge is -2.29. The van der Waals surface area contributed by atoms with Gasteiger partial charge in [-0.3, -0.25) is 18.7 Å². The fourth-order valence-corrected chi connectivity index (χ4v) is 4.47. The summed E-state index contributed by atoms with van der Waals surface area (Å²) in [5.41, 5.74) is 2.02. The smallest absolute Gasteiger partial charge is 0.316 e. The van der Waals surface area contributed by atoms with E-state index in [1.165, 1.54) is 28.9 Å². The number of para-hydroxylation sites is 1. The predicted octanol–water partition coefficient (Wildman–Crippen LogP) is 1.04. The summed E-state index contributed by atoms with van der Waals surface area (Å²) in [7, 11) is 4.76. The molecule has 8 nitrogen and oxygen atoms in total. The van der Waals surface area contributed by atoms with Crippen LogP contribution in [0.4, 0.5) is 5.69 Å². The van der Waals surface area contributed by atoms with Crippen molar-refractivity contribution in [2.24, 2.45) is 21.1 Å². The number of anilines is 1. The molecule has 0 bridgehead atoms. The Hall–Kier alpha value is -2.81. The monoisotopic (exact) mass is 399 g/mol. The van der Waals surface area contributed by atoms with E-state index in [0.29, 0.717) is 22.9 Å². The summed E-state index contributed by atoms with van der Waals surface area (Å²) in [6.45, 7) is 0.702. The summed E-state index contributed by atoms with van der Waals surface area (Å²) < 4.78 is 4.07. The number of carbonyl (C=O) groups excluding carboxylic acids is 1. The average Bonchev–Trinajstić information content (AvgIpc) is 3.05. The van der Waals surface area contributed by atoms with Gasteiger partial charge in [-0.2, -0.15) is 0 Å². The second-order valence-electron chi connectivity index (χ2n) is 6.90. The van der Waals surface area contributed by atoms with E-state index in [9.17, 15) is 14.4 Å². The third kappa shape index (κ3) is 2.86. The molecule has 1 aliphatic rings. The molecule has 1 aromatic carbocycles. The Morgan fingerprint density at radius 3 is 2.64 bits per heavy atom. The van der Waals surface area contributed by atoms with Crippen molar-refractivity contribution in [2.75, 3.05) is 17.2 Å². The van der Waals surface area contributed by atoms with Gasteiger partial charge in [-0.15, -0.1) is 0 Å². The van der Waals surface area contributed by atoms with E-state index < -0.39 is 11.2 Å². The number of aromatic nitrogens is 4. The van der Waals surface area contributed by atoms with Crippen LogP contribution in [0, 0.1) is 0 Å². The van der Waals surface area contributed by atoms with Gasteiger partial charge < -0.3 is 9.47 Å². The molecule has 9 heteroatoms. The molecule has 0 radical (unpaired) electrons. The number of thioether (sulfide) groups is 1. The highest BCUT2D eigenvalue weighted by Crippen LogP contribution is 2.28. The van der Waals surface area contributed by atoms with Crippen molar-refractivity contribution in [1.29, 1.82) is 0 Å². The summed E-state index contributed by atoms with van der Waals surface area (Å²) in [4.78, 5) is 43.7. The standard InChI is InChI=1S/C19H21N5O3S/c1-21-15-16(22(2)19(27)23(3)17(15)26)20-18(21)28-11-14(25)24-10-6-8-12-7-4-5-9-13(12)24/h4-5,7,9H,6,8,10-11H2,1-3H3. The average molecular weight is 399 g/mol. The molecule has 0 saturated carbocycles. The zero-order valence-electron chi connectivity index (χ0n) is 16.0. The Labute approximate surface area is 165 Å². The number of amides is 1. The Kier molecular flexibility index (Phi) is 4.62. The molecule has 1 amide bonds. The van der Waals surface area contributed by atoms with Gasteiger partial charge in [0.05, 0.1) is 5.75 Å². The van der Waals surface area contributed by atoms with Crippen LogP contribution >= 0.6 is 11.8 Å². The number of carbonyl (C=O) groups is 1. The number of fused-ring (bicyclic) bond motifs is 2. The van der Waals surface area contributed by atoms with E-state index in [-0.39, 0.29) is 11.7 Å². The molecule has 2 aromatic heterocycles. The first-order valence-electron chi connectivity index (χ1n) is 9.03. The highest BCUT2D eigenvalue weighted by molar-refractivity contribution is 7.99. The van der Waals surface area contributed by atoms with Crippen molar-refractivity contribution >= 4 is 34.5 Å². The van der Waals surface area contributed by atoms with Crippen molar-refractivity contribution in [3.05, 3.63) is 50.7 Å². The summed E-state index contributed by atoms with van der Waals surface area (Å²) in [6.07, 6.45) is 1.92. The number of imidazole rings is 1. The fraction of sp³-hybridized carbons (Fsp3) is 0.368. The van der Waals surface area contributed by atoms with E-state index in [1.54, 1.807) is 18.7 Å². The molecular weight excluding hydrogens is 378 g/mol. The normalized spacial score (nSPS) is 13.8. The van der Waals surface area contributed by atoms with Gasteiger partial charge >= 0.3 is 5.69 Å². The van der Waals surface area contributed by atoms with Crippen molar-refractivity contribution in [3.8, 4) is 0 Å². The maximum absolute atomic E-state index is 12.8. The number of hydrogen-bond donors (Lipinski definition) is 0. The molecule has 0 N–H and O–H groups in total. The maximum atomic E-state index is 12.8. The lowest BCUT2D eigenvalue weighted by Crippen LogP contribution is -2.37. The Bertz CT molecular complexity index is 1210. The number of hydrogen-bond acceptors (Lipinski definition) is 5. The van der Waals surface area contributed by atoms with Gasteiger partial charge in [0, 0.05) is 33.4 Å². The molecule has 146 valence electrons. The van der Waals surface area contributed by atoms with Crippen LogP contribution in [-0.2, 0) is 32.4 Å². The van der Waals surface area contributed by atoms with Gasteiger partial charge in [-0.25, -0.2) is 9.78 Å². The van der Waals surface area contributed by atoms with E-state index >= 15 is 0 Å². The van der Waals surface area contributed by atoms with Gasteiger partial charge in [0.2, 0.25) is 5.91 Å². The van der Waals surface area contributed by atoms with Crippen molar-refractivity contribution in [1.82, 2.24) is 18.7 Å². The maximum Gasteiger partial charge on any atom is 0.332 e. The lowest BCUT2D eigenvalue weighted by molar-refractivity contribution is -0.116. The van der Waals surface area contributed by atoms with Crippen LogP contribution in [0.5, 0.6) is 0 Å². The summed E-state index contributed by atoms with van der Waals surface area (Å²) in [5.74, 6) is 0.214. The first-order chi connectivity index (χ1) is 13.4. The zero-order chi connectivity index (χ0) is 20.0. The van der Waals surface area contributed by atoms with Gasteiger partial charge in [0.15, 0.2) is 16.3 Å². The minimum Gasteiger partial charge on any atom is -0.316 e. The van der Waals surface area contributed by atoms with Crippen LogP contribution in [0.2, 0.25) is 0 Å².